The van der Waals surface area contributed by atoms with Gasteiger partial charge in [0.25, 0.3) is 11.8 Å². The summed E-state index contributed by atoms with van der Waals surface area (Å²) in [6, 6.07) is 21.1. The lowest BCUT2D eigenvalue weighted by atomic mass is 10.0. The summed E-state index contributed by atoms with van der Waals surface area (Å²) in [6.45, 7) is 0. The van der Waals surface area contributed by atoms with Gasteiger partial charge in [-0.25, -0.2) is 0 Å². The van der Waals surface area contributed by atoms with E-state index in [1.54, 1.807) is 72.8 Å². The number of hydrogen-bond donors (Lipinski definition) is 4. The summed E-state index contributed by atoms with van der Waals surface area (Å²) in [6.07, 6.45) is 0. The molecule has 0 saturated heterocycles. The highest BCUT2D eigenvalue weighted by Gasteiger charge is 2.24. The van der Waals surface area contributed by atoms with Gasteiger partial charge >= 0.3 is 0 Å². The van der Waals surface area contributed by atoms with E-state index in [-0.39, 0.29) is 5.56 Å². The second-order valence-electron chi connectivity index (χ2n) is 5.98. The summed E-state index contributed by atoms with van der Waals surface area (Å²) in [5.74, 6) is -0.856. The summed E-state index contributed by atoms with van der Waals surface area (Å²) in [4.78, 5) is 25.6. The van der Waals surface area contributed by atoms with Crippen molar-refractivity contribution in [2.24, 2.45) is 0 Å². The smallest absolute Gasteiger partial charge is 0.253 e. The van der Waals surface area contributed by atoms with Crippen molar-refractivity contribution >= 4 is 34.8 Å². The molecule has 0 unspecified atom stereocenters. The Labute approximate surface area is 167 Å². The largest absolute Gasteiger partial charge is 0.336 e. The molecule has 0 radical (unpaired) electrons. The molecule has 0 saturated carbocycles. The third-order valence-corrected chi connectivity index (χ3v) is 4.40. The number of hydrogen-bond acceptors (Lipinski definition) is 4. The van der Waals surface area contributed by atoms with E-state index in [1.807, 2.05) is 11.5 Å². The molecule has 28 heavy (non-hydrogen) atoms. The monoisotopic (exact) mass is 395 g/mol. The van der Waals surface area contributed by atoms with Crippen molar-refractivity contribution < 1.29 is 14.8 Å². The lowest BCUT2D eigenvalue weighted by Crippen LogP contribution is -2.37. The summed E-state index contributed by atoms with van der Waals surface area (Å²) >= 11 is 6.10. The lowest BCUT2D eigenvalue weighted by molar-refractivity contribution is -0.118. The summed E-state index contributed by atoms with van der Waals surface area (Å²) in [5.41, 5.74) is 3.96. The molecule has 0 aromatic heterocycles. The molecule has 3 aromatic rings. The highest BCUT2D eigenvalue weighted by atomic mass is 35.5. The van der Waals surface area contributed by atoms with Crippen molar-refractivity contribution in [3.8, 4) is 0 Å². The van der Waals surface area contributed by atoms with E-state index in [0.717, 1.165) is 0 Å². The Kier molecular flexibility index (Phi) is 6.26. The fraction of sp³-hybridized carbons (Fsp3) is 0.0476. The number of rotatable bonds is 6. The molecular weight excluding hydrogens is 378 g/mol. The van der Waals surface area contributed by atoms with Crippen LogP contribution >= 0.6 is 11.6 Å². The van der Waals surface area contributed by atoms with Gasteiger partial charge in [0.15, 0.2) is 0 Å². The normalized spacial score (nSPS) is 11.4. The van der Waals surface area contributed by atoms with Crippen LogP contribution in [0, 0.1) is 0 Å². The number of nitrogens with one attached hydrogen (secondary N) is 3. The molecule has 3 rings (SSSR count). The number of halogens is 1. The lowest BCUT2D eigenvalue weighted by Gasteiger charge is -2.19. The van der Waals surface area contributed by atoms with Crippen LogP contribution in [0.3, 0.4) is 0 Å². The van der Waals surface area contributed by atoms with Crippen LogP contribution in [-0.4, -0.2) is 17.0 Å². The molecule has 4 N–H and O–H groups in total. The maximum Gasteiger partial charge on any atom is 0.253 e. The Balaban J connectivity index is 1.83. The Hall–Kier alpha value is -3.35. The fourth-order valence-electron chi connectivity index (χ4n) is 2.64. The van der Waals surface area contributed by atoms with Crippen LogP contribution in [-0.2, 0) is 4.79 Å². The minimum absolute atomic E-state index is 0.288. The Morgan fingerprint density at radius 3 is 2.07 bits per heavy atom. The van der Waals surface area contributed by atoms with Gasteiger partial charge in [0.2, 0.25) is 0 Å². The first kappa shape index (κ1) is 19.4. The van der Waals surface area contributed by atoms with E-state index < -0.39 is 17.9 Å². The molecule has 0 spiro atoms. The summed E-state index contributed by atoms with van der Waals surface area (Å²) in [5, 5.41) is 14.7. The molecule has 142 valence electrons. The van der Waals surface area contributed by atoms with Gasteiger partial charge in [0.05, 0.1) is 16.3 Å². The number of carbonyl (C=O) groups is 2. The van der Waals surface area contributed by atoms with Crippen LogP contribution in [0.5, 0.6) is 0 Å². The summed E-state index contributed by atoms with van der Waals surface area (Å²) in [7, 11) is 0. The van der Waals surface area contributed by atoms with Crippen LogP contribution in [0.25, 0.3) is 0 Å². The topological polar surface area (TPSA) is 90.5 Å². The number of anilines is 2. The highest BCUT2D eigenvalue weighted by molar-refractivity contribution is 6.33. The number of benzene rings is 3. The molecule has 0 aliphatic heterocycles. The maximum absolute atomic E-state index is 12.9. The van der Waals surface area contributed by atoms with Gasteiger partial charge in [-0.3, -0.25) is 20.3 Å². The van der Waals surface area contributed by atoms with Crippen LogP contribution in [0.15, 0.2) is 78.9 Å². The van der Waals surface area contributed by atoms with Gasteiger partial charge in [0, 0.05) is 5.69 Å². The fourth-order valence-corrected chi connectivity index (χ4v) is 2.86. The third-order valence-electron chi connectivity index (χ3n) is 4.07. The van der Waals surface area contributed by atoms with Gasteiger partial charge in [-0.1, -0.05) is 54.1 Å². The average molecular weight is 396 g/mol. The van der Waals surface area contributed by atoms with E-state index in [9.17, 15) is 9.59 Å². The van der Waals surface area contributed by atoms with E-state index in [4.69, 9.17) is 16.8 Å². The Bertz CT molecular complexity index is 962. The molecule has 0 aliphatic rings. The minimum atomic E-state index is -0.916. The summed E-state index contributed by atoms with van der Waals surface area (Å²) < 4.78 is 0. The Morgan fingerprint density at radius 1 is 0.821 bits per heavy atom. The Morgan fingerprint density at radius 2 is 1.43 bits per heavy atom. The van der Waals surface area contributed by atoms with E-state index in [2.05, 4.69) is 10.6 Å². The SMILES string of the molecule is O=C(N[C@H](C(=O)Nc1ccc(NO)cc1)c1ccccc1)c1ccccc1Cl. The molecule has 2 amide bonds. The van der Waals surface area contributed by atoms with Crippen LogP contribution in [0.1, 0.15) is 22.0 Å². The highest BCUT2D eigenvalue weighted by Crippen LogP contribution is 2.20. The predicted molar refractivity (Wildman–Crippen MR) is 109 cm³/mol. The quantitative estimate of drug-likeness (QED) is 0.469. The first-order chi connectivity index (χ1) is 13.6. The van der Waals surface area contributed by atoms with Crippen LogP contribution in [0.2, 0.25) is 5.02 Å². The standard InChI is InChI=1S/C21H18ClN3O3/c22-18-9-5-4-8-17(18)20(26)24-19(14-6-2-1-3-7-14)21(27)23-15-10-12-16(25-28)13-11-15/h1-13,19,25,28H,(H,23,27)(H,24,26)/t19-/m0/s1. The van der Waals surface area contributed by atoms with E-state index >= 15 is 0 Å². The van der Waals surface area contributed by atoms with Crippen molar-refractivity contribution in [2.75, 3.05) is 10.8 Å². The van der Waals surface area contributed by atoms with Crippen molar-refractivity contribution in [1.29, 1.82) is 0 Å². The van der Waals surface area contributed by atoms with Gasteiger partial charge in [0.1, 0.15) is 6.04 Å². The second-order valence-corrected chi connectivity index (χ2v) is 6.38. The first-order valence-corrected chi connectivity index (χ1v) is 8.87. The first-order valence-electron chi connectivity index (χ1n) is 8.50. The molecule has 0 bridgehead atoms. The zero-order chi connectivity index (χ0) is 19.9. The average Bonchev–Trinajstić information content (AvgIpc) is 2.73. The van der Waals surface area contributed by atoms with Crippen molar-refractivity contribution in [3.05, 3.63) is 95.0 Å². The molecular formula is C21H18ClN3O3. The van der Waals surface area contributed by atoms with Gasteiger partial charge in [-0.2, -0.15) is 0 Å². The van der Waals surface area contributed by atoms with Crippen molar-refractivity contribution in [3.63, 3.8) is 0 Å². The minimum Gasteiger partial charge on any atom is -0.336 e. The predicted octanol–water partition coefficient (Wildman–Crippen LogP) is 4.25. The van der Waals surface area contributed by atoms with Crippen molar-refractivity contribution in [1.82, 2.24) is 5.32 Å². The van der Waals surface area contributed by atoms with E-state index in [1.165, 1.54) is 0 Å². The van der Waals surface area contributed by atoms with E-state index in [0.29, 0.717) is 22.0 Å². The van der Waals surface area contributed by atoms with Gasteiger partial charge < -0.3 is 10.6 Å². The third kappa shape index (κ3) is 4.68. The van der Waals surface area contributed by atoms with Gasteiger partial charge in [-0.15, -0.1) is 0 Å². The molecule has 0 fully saturated rings. The zero-order valence-corrected chi connectivity index (χ0v) is 15.5. The van der Waals surface area contributed by atoms with Crippen LogP contribution in [0.4, 0.5) is 11.4 Å². The second kappa shape index (κ2) is 9.03. The van der Waals surface area contributed by atoms with Gasteiger partial charge in [-0.05, 0) is 42.0 Å². The molecule has 6 nitrogen and oxygen atoms in total. The number of carbonyl (C=O) groups excluding carboxylic acids is 2. The van der Waals surface area contributed by atoms with Crippen molar-refractivity contribution in [2.45, 2.75) is 6.04 Å². The zero-order valence-electron chi connectivity index (χ0n) is 14.7. The molecule has 7 heteroatoms. The molecule has 3 aromatic carbocycles. The maximum atomic E-state index is 12.9. The molecule has 1 atom stereocenters. The molecule has 0 heterocycles. The van der Waals surface area contributed by atoms with Crippen LogP contribution < -0.4 is 16.1 Å². The number of amides is 2. The molecule has 0 aliphatic carbocycles.